The second-order valence-corrected chi connectivity index (χ2v) is 2.49. The van der Waals surface area contributed by atoms with E-state index in [-0.39, 0.29) is 12.1 Å². The first-order chi connectivity index (χ1) is 6.57. The van der Waals surface area contributed by atoms with Gasteiger partial charge in [-0.25, -0.2) is 8.78 Å². The number of nitrogens with zero attached hydrogens (tertiary/aromatic N) is 2. The van der Waals surface area contributed by atoms with Crippen molar-refractivity contribution in [1.29, 1.82) is 0 Å². The summed E-state index contributed by atoms with van der Waals surface area (Å²) in [7, 11) is 0. The zero-order valence-electron chi connectivity index (χ0n) is 6.98. The fraction of sp³-hybridized carbons (Fsp3) is 0.286. The van der Waals surface area contributed by atoms with Crippen LogP contribution in [0.5, 0.6) is 0 Å². The van der Waals surface area contributed by atoms with Gasteiger partial charge in [-0.3, -0.25) is 15.1 Å². The summed E-state index contributed by atoms with van der Waals surface area (Å²) in [5.74, 6) is 0. The quantitative estimate of drug-likeness (QED) is 0.594. The Kier molecular flexibility index (Phi) is 3.03. The van der Waals surface area contributed by atoms with Gasteiger partial charge in [-0.05, 0) is 5.56 Å². The average Bonchev–Trinajstić information content (AvgIpc) is 2.16. The SMILES string of the molecule is NCc1cncc([N+](=O)[O-])c1C(F)F. The lowest BCUT2D eigenvalue weighted by Crippen LogP contribution is -2.06. The summed E-state index contributed by atoms with van der Waals surface area (Å²) in [6.07, 6.45) is -1.02. The van der Waals surface area contributed by atoms with Gasteiger partial charge in [-0.2, -0.15) is 0 Å². The lowest BCUT2D eigenvalue weighted by molar-refractivity contribution is -0.386. The van der Waals surface area contributed by atoms with E-state index in [1.54, 1.807) is 0 Å². The normalized spacial score (nSPS) is 10.6. The third kappa shape index (κ3) is 1.82. The van der Waals surface area contributed by atoms with Crippen molar-refractivity contribution in [2.45, 2.75) is 13.0 Å². The van der Waals surface area contributed by atoms with Gasteiger partial charge >= 0.3 is 0 Å². The fourth-order valence-electron chi connectivity index (χ4n) is 1.06. The van der Waals surface area contributed by atoms with Gasteiger partial charge in [-0.15, -0.1) is 0 Å². The highest BCUT2D eigenvalue weighted by molar-refractivity contribution is 5.43. The first-order valence-electron chi connectivity index (χ1n) is 3.67. The van der Waals surface area contributed by atoms with Crippen LogP contribution in [0.4, 0.5) is 14.5 Å². The van der Waals surface area contributed by atoms with Crippen LogP contribution in [0.1, 0.15) is 17.6 Å². The van der Waals surface area contributed by atoms with Crippen LogP contribution >= 0.6 is 0 Å². The molecule has 0 aromatic carbocycles. The molecule has 7 heteroatoms. The second-order valence-electron chi connectivity index (χ2n) is 2.49. The van der Waals surface area contributed by atoms with Gasteiger partial charge in [0.2, 0.25) is 0 Å². The summed E-state index contributed by atoms with van der Waals surface area (Å²) in [6, 6.07) is 0. The molecule has 1 aromatic rings. The van der Waals surface area contributed by atoms with Crippen LogP contribution in [-0.2, 0) is 6.54 Å². The molecule has 0 amide bonds. The van der Waals surface area contributed by atoms with E-state index in [0.29, 0.717) is 0 Å². The molecular formula is C7H7F2N3O2. The minimum absolute atomic E-state index is 0.00537. The van der Waals surface area contributed by atoms with Gasteiger partial charge in [0, 0.05) is 12.7 Å². The van der Waals surface area contributed by atoms with Gasteiger partial charge in [0.15, 0.2) is 0 Å². The maximum atomic E-state index is 12.4. The zero-order valence-corrected chi connectivity index (χ0v) is 6.98. The van der Waals surface area contributed by atoms with E-state index in [0.717, 1.165) is 12.4 Å². The van der Waals surface area contributed by atoms with Crippen molar-refractivity contribution in [3.05, 3.63) is 33.6 Å². The minimum atomic E-state index is -2.92. The molecule has 0 aliphatic rings. The summed E-state index contributed by atoms with van der Waals surface area (Å²) in [4.78, 5) is 13.0. The Morgan fingerprint density at radius 1 is 1.57 bits per heavy atom. The molecule has 0 saturated carbocycles. The van der Waals surface area contributed by atoms with Crippen LogP contribution in [0, 0.1) is 10.1 Å². The van der Waals surface area contributed by atoms with Crippen molar-refractivity contribution < 1.29 is 13.7 Å². The van der Waals surface area contributed by atoms with E-state index >= 15 is 0 Å². The number of alkyl halides is 2. The number of nitrogens with two attached hydrogens (primary N) is 1. The van der Waals surface area contributed by atoms with Crippen LogP contribution in [0.15, 0.2) is 12.4 Å². The molecule has 1 aromatic heterocycles. The topological polar surface area (TPSA) is 82.0 Å². The first kappa shape index (κ1) is 10.5. The molecule has 0 fully saturated rings. The Morgan fingerprint density at radius 3 is 2.64 bits per heavy atom. The molecule has 0 unspecified atom stereocenters. The zero-order chi connectivity index (χ0) is 10.7. The molecule has 0 spiro atoms. The molecule has 0 aliphatic heterocycles. The molecule has 0 saturated heterocycles. The van der Waals surface area contributed by atoms with Crippen molar-refractivity contribution in [1.82, 2.24) is 4.98 Å². The lowest BCUT2D eigenvalue weighted by Gasteiger charge is -2.05. The molecule has 0 aliphatic carbocycles. The number of nitro groups is 1. The summed E-state index contributed by atoms with van der Waals surface area (Å²) < 4.78 is 24.9. The molecule has 1 heterocycles. The highest BCUT2D eigenvalue weighted by Gasteiger charge is 2.24. The molecule has 5 nitrogen and oxygen atoms in total. The summed E-state index contributed by atoms with van der Waals surface area (Å²) in [5.41, 5.74) is 3.82. The highest BCUT2D eigenvalue weighted by atomic mass is 19.3. The molecular weight excluding hydrogens is 196 g/mol. The van der Waals surface area contributed by atoms with Crippen LogP contribution in [-0.4, -0.2) is 9.91 Å². The molecule has 76 valence electrons. The van der Waals surface area contributed by atoms with Gasteiger partial charge in [0.25, 0.3) is 12.1 Å². The summed E-state index contributed by atoms with van der Waals surface area (Å²) in [5, 5.41) is 10.4. The van der Waals surface area contributed by atoms with Crippen LogP contribution in [0.3, 0.4) is 0 Å². The third-order valence-corrected chi connectivity index (χ3v) is 1.68. The lowest BCUT2D eigenvalue weighted by atomic mass is 10.1. The first-order valence-corrected chi connectivity index (χ1v) is 3.67. The Bertz CT molecular complexity index is 357. The summed E-state index contributed by atoms with van der Waals surface area (Å²) in [6.45, 7) is -0.200. The smallest absolute Gasteiger partial charge is 0.296 e. The maximum Gasteiger partial charge on any atom is 0.296 e. The Morgan fingerprint density at radius 2 is 2.21 bits per heavy atom. The highest BCUT2D eigenvalue weighted by Crippen LogP contribution is 2.30. The van der Waals surface area contributed by atoms with E-state index in [4.69, 9.17) is 5.73 Å². The maximum absolute atomic E-state index is 12.4. The molecule has 0 atom stereocenters. The van der Waals surface area contributed by atoms with Gasteiger partial charge < -0.3 is 5.73 Å². The van der Waals surface area contributed by atoms with E-state index in [9.17, 15) is 18.9 Å². The second kappa shape index (κ2) is 4.05. The predicted octanol–water partition coefficient (Wildman–Crippen LogP) is 1.39. The van der Waals surface area contributed by atoms with Crippen molar-refractivity contribution in [2.24, 2.45) is 5.73 Å². The van der Waals surface area contributed by atoms with E-state index in [1.165, 1.54) is 0 Å². The van der Waals surface area contributed by atoms with Gasteiger partial charge in [0.05, 0.1) is 4.92 Å². The van der Waals surface area contributed by atoms with Crippen molar-refractivity contribution in [2.75, 3.05) is 0 Å². The van der Waals surface area contributed by atoms with Crippen LogP contribution in [0.25, 0.3) is 0 Å². The standard InChI is InChI=1S/C7H7F2N3O2/c8-7(9)6-4(1-10)2-11-3-5(6)12(13)14/h2-3,7H,1,10H2. The van der Waals surface area contributed by atoms with Crippen molar-refractivity contribution in [3.8, 4) is 0 Å². The number of rotatable bonds is 3. The van der Waals surface area contributed by atoms with E-state index < -0.39 is 22.6 Å². The Balaban J connectivity index is 3.35. The number of aromatic nitrogens is 1. The van der Waals surface area contributed by atoms with E-state index in [2.05, 4.69) is 4.98 Å². The largest absolute Gasteiger partial charge is 0.326 e. The summed E-state index contributed by atoms with van der Waals surface area (Å²) >= 11 is 0. The number of halogens is 2. The molecule has 1 rings (SSSR count). The van der Waals surface area contributed by atoms with Crippen LogP contribution < -0.4 is 5.73 Å². The van der Waals surface area contributed by atoms with Crippen LogP contribution in [0.2, 0.25) is 0 Å². The Labute approximate surface area is 77.7 Å². The van der Waals surface area contributed by atoms with E-state index in [1.807, 2.05) is 0 Å². The molecule has 0 bridgehead atoms. The number of hydrogen-bond donors (Lipinski definition) is 1. The Hall–Kier alpha value is -1.63. The third-order valence-electron chi connectivity index (χ3n) is 1.68. The molecule has 14 heavy (non-hydrogen) atoms. The van der Waals surface area contributed by atoms with Gasteiger partial charge in [-0.1, -0.05) is 0 Å². The fourth-order valence-corrected chi connectivity index (χ4v) is 1.06. The van der Waals surface area contributed by atoms with Crippen molar-refractivity contribution >= 4 is 5.69 Å². The molecule has 0 radical (unpaired) electrons. The minimum Gasteiger partial charge on any atom is -0.326 e. The number of hydrogen-bond acceptors (Lipinski definition) is 4. The monoisotopic (exact) mass is 203 g/mol. The number of pyridine rings is 1. The van der Waals surface area contributed by atoms with Crippen molar-refractivity contribution in [3.63, 3.8) is 0 Å². The molecule has 2 N–H and O–H groups in total. The van der Waals surface area contributed by atoms with Gasteiger partial charge in [0.1, 0.15) is 11.8 Å². The predicted molar refractivity (Wildman–Crippen MR) is 43.7 cm³/mol. The average molecular weight is 203 g/mol.